The van der Waals surface area contributed by atoms with Gasteiger partial charge in [-0.25, -0.2) is 9.67 Å². The number of aromatic nitrogens is 5. The molecule has 156 valence electrons. The number of hydrogen-bond donors (Lipinski definition) is 0. The topological polar surface area (TPSA) is 63.0 Å². The van der Waals surface area contributed by atoms with E-state index in [4.69, 9.17) is 4.98 Å². The fraction of sp³-hybridized carbons (Fsp3) is 0.429. The molecule has 0 unspecified atom stereocenters. The predicted molar refractivity (Wildman–Crippen MR) is 122 cm³/mol. The van der Waals surface area contributed by atoms with Crippen LogP contribution in [-0.2, 0) is 6.54 Å². The van der Waals surface area contributed by atoms with Crippen LogP contribution in [0.5, 0.6) is 0 Å². The molecule has 4 heterocycles. The molecule has 0 bridgehead atoms. The first-order chi connectivity index (χ1) is 14.8. The van der Waals surface area contributed by atoms with Crippen LogP contribution in [0.2, 0.25) is 0 Å². The number of thiazole rings is 1. The number of anilines is 1. The number of nitrogens with zero attached hydrogens (tertiary/aromatic N) is 7. The Hall–Kier alpha value is -2.36. The van der Waals surface area contributed by atoms with E-state index >= 15 is 0 Å². The van der Waals surface area contributed by atoms with Crippen molar-refractivity contribution >= 4 is 38.0 Å². The van der Waals surface area contributed by atoms with Crippen molar-refractivity contribution in [3.05, 3.63) is 52.5 Å². The van der Waals surface area contributed by atoms with Crippen LogP contribution in [0.4, 0.5) is 5.13 Å². The molecule has 4 aromatic rings. The number of hydrogen-bond acceptors (Lipinski definition) is 8. The molecular formula is C21H25N7S2. The minimum absolute atomic E-state index is 0.252. The highest BCUT2D eigenvalue weighted by molar-refractivity contribution is 7.22. The van der Waals surface area contributed by atoms with Crippen LogP contribution in [0.25, 0.3) is 10.2 Å². The van der Waals surface area contributed by atoms with Crippen molar-refractivity contribution in [2.24, 2.45) is 0 Å². The second-order valence-corrected chi connectivity index (χ2v) is 9.61. The molecule has 1 aliphatic rings. The molecule has 1 fully saturated rings. The van der Waals surface area contributed by atoms with Crippen molar-refractivity contribution in [3.63, 3.8) is 0 Å². The van der Waals surface area contributed by atoms with Gasteiger partial charge in [-0.1, -0.05) is 42.9 Å². The van der Waals surface area contributed by atoms with E-state index in [1.165, 1.54) is 9.58 Å². The maximum atomic E-state index is 4.84. The van der Waals surface area contributed by atoms with Gasteiger partial charge < -0.3 is 4.90 Å². The lowest BCUT2D eigenvalue weighted by atomic mass is 10.1. The van der Waals surface area contributed by atoms with Crippen LogP contribution in [0, 0.1) is 0 Å². The summed E-state index contributed by atoms with van der Waals surface area (Å²) < 4.78 is 3.23. The Labute approximate surface area is 184 Å². The fourth-order valence-electron chi connectivity index (χ4n) is 4.08. The van der Waals surface area contributed by atoms with Gasteiger partial charge in [-0.3, -0.25) is 4.90 Å². The van der Waals surface area contributed by atoms with Crippen LogP contribution in [-0.4, -0.2) is 56.3 Å². The summed E-state index contributed by atoms with van der Waals surface area (Å²) in [7, 11) is 0. The number of para-hydroxylation sites is 1. The molecule has 1 aliphatic heterocycles. The molecular weight excluding hydrogens is 414 g/mol. The molecule has 3 aromatic heterocycles. The zero-order chi connectivity index (χ0) is 20.3. The van der Waals surface area contributed by atoms with Gasteiger partial charge in [-0.2, -0.15) is 0 Å². The molecule has 0 saturated carbocycles. The molecule has 30 heavy (non-hydrogen) atoms. The van der Waals surface area contributed by atoms with E-state index in [1.807, 2.05) is 4.68 Å². The Balaban J connectivity index is 1.30. The van der Waals surface area contributed by atoms with Crippen molar-refractivity contribution in [3.8, 4) is 0 Å². The summed E-state index contributed by atoms with van der Waals surface area (Å²) in [4.78, 5) is 11.1. The van der Waals surface area contributed by atoms with E-state index in [1.54, 1.807) is 22.7 Å². The number of piperazine rings is 1. The molecule has 0 radical (unpaired) electrons. The highest BCUT2D eigenvalue weighted by atomic mass is 32.1. The van der Waals surface area contributed by atoms with Gasteiger partial charge in [-0.05, 0) is 40.4 Å². The summed E-state index contributed by atoms with van der Waals surface area (Å²) in [5.41, 5.74) is 1.09. The van der Waals surface area contributed by atoms with Crippen LogP contribution in [0.15, 0.2) is 41.8 Å². The predicted octanol–water partition coefficient (Wildman–Crippen LogP) is 4.06. The van der Waals surface area contributed by atoms with Gasteiger partial charge in [-0.15, -0.1) is 16.4 Å². The van der Waals surface area contributed by atoms with Gasteiger partial charge >= 0.3 is 0 Å². The molecule has 0 amide bonds. The maximum Gasteiger partial charge on any atom is 0.186 e. The van der Waals surface area contributed by atoms with Gasteiger partial charge in [0.2, 0.25) is 0 Å². The Kier molecular flexibility index (Phi) is 5.74. The Morgan fingerprint density at radius 3 is 2.70 bits per heavy atom. The molecule has 0 aliphatic carbocycles. The average molecular weight is 440 g/mol. The van der Waals surface area contributed by atoms with Gasteiger partial charge in [0, 0.05) is 31.1 Å². The molecule has 5 rings (SSSR count). The first kappa shape index (κ1) is 19.6. The normalized spacial score (nSPS) is 16.4. The lowest BCUT2D eigenvalue weighted by molar-refractivity contribution is 0.164. The zero-order valence-corrected chi connectivity index (χ0v) is 18.6. The summed E-state index contributed by atoms with van der Waals surface area (Å²) in [6, 6.07) is 12.9. The monoisotopic (exact) mass is 439 g/mol. The van der Waals surface area contributed by atoms with E-state index in [-0.39, 0.29) is 6.04 Å². The smallest absolute Gasteiger partial charge is 0.186 e. The van der Waals surface area contributed by atoms with Crippen LogP contribution < -0.4 is 4.90 Å². The quantitative estimate of drug-likeness (QED) is 0.433. The van der Waals surface area contributed by atoms with Gasteiger partial charge in [0.05, 0.1) is 22.8 Å². The van der Waals surface area contributed by atoms with Crippen LogP contribution >= 0.6 is 22.7 Å². The minimum Gasteiger partial charge on any atom is -0.345 e. The first-order valence-corrected chi connectivity index (χ1v) is 12.1. The summed E-state index contributed by atoms with van der Waals surface area (Å²) in [6.07, 6.45) is 2.17. The lowest BCUT2D eigenvalue weighted by Crippen LogP contribution is -2.48. The van der Waals surface area contributed by atoms with Gasteiger partial charge in [0.15, 0.2) is 11.0 Å². The Morgan fingerprint density at radius 1 is 1.07 bits per heavy atom. The average Bonchev–Trinajstić information content (AvgIpc) is 3.53. The minimum atomic E-state index is 0.252. The number of rotatable bonds is 7. The van der Waals surface area contributed by atoms with E-state index in [0.29, 0.717) is 0 Å². The number of benzene rings is 1. The molecule has 9 heteroatoms. The molecule has 1 atom stereocenters. The Morgan fingerprint density at radius 2 is 1.93 bits per heavy atom. The number of thiophene rings is 1. The summed E-state index contributed by atoms with van der Waals surface area (Å²) in [6.45, 7) is 6.92. The van der Waals surface area contributed by atoms with Crippen molar-refractivity contribution in [2.45, 2.75) is 32.4 Å². The zero-order valence-electron chi connectivity index (χ0n) is 17.0. The van der Waals surface area contributed by atoms with Crippen LogP contribution in [0.1, 0.15) is 36.5 Å². The number of tetrazole rings is 1. The maximum absolute atomic E-state index is 4.84. The molecule has 1 aromatic carbocycles. The summed E-state index contributed by atoms with van der Waals surface area (Å²) in [5.74, 6) is 0.985. The first-order valence-electron chi connectivity index (χ1n) is 10.4. The van der Waals surface area contributed by atoms with E-state index < -0.39 is 0 Å². The highest BCUT2D eigenvalue weighted by Gasteiger charge is 2.29. The third kappa shape index (κ3) is 3.97. The van der Waals surface area contributed by atoms with Crippen molar-refractivity contribution in [1.29, 1.82) is 0 Å². The third-order valence-electron chi connectivity index (χ3n) is 5.61. The van der Waals surface area contributed by atoms with Crippen LogP contribution in [0.3, 0.4) is 0 Å². The van der Waals surface area contributed by atoms with Crippen molar-refractivity contribution in [2.75, 3.05) is 31.1 Å². The second kappa shape index (κ2) is 8.79. The standard InChI is InChI=1S/C21H25N7S2/c1-2-6-18(20-23-24-25-28(20)15-16-7-5-14-29-16)26-10-12-27(13-11-26)21-22-17-8-3-4-9-19(17)30-21/h3-5,7-9,14,18H,2,6,10-13,15H2,1H3/t18-/m0/s1. The third-order valence-corrected chi connectivity index (χ3v) is 7.57. The molecule has 0 spiro atoms. The van der Waals surface area contributed by atoms with Gasteiger partial charge in [0.1, 0.15) is 0 Å². The molecule has 1 saturated heterocycles. The SMILES string of the molecule is CCC[C@@H](c1nnnn1Cc1cccs1)N1CCN(c2nc3ccccc3s2)CC1. The van der Waals surface area contributed by atoms with E-state index in [0.717, 1.165) is 62.0 Å². The van der Waals surface area contributed by atoms with Crippen molar-refractivity contribution in [1.82, 2.24) is 30.1 Å². The van der Waals surface area contributed by atoms with E-state index in [9.17, 15) is 0 Å². The number of fused-ring (bicyclic) bond motifs is 1. The molecule has 7 nitrogen and oxygen atoms in total. The summed E-state index contributed by atoms with van der Waals surface area (Å²) >= 11 is 3.53. The van der Waals surface area contributed by atoms with Gasteiger partial charge in [0.25, 0.3) is 0 Å². The summed E-state index contributed by atoms with van der Waals surface area (Å²) in [5, 5.41) is 16.0. The van der Waals surface area contributed by atoms with E-state index in [2.05, 4.69) is 74.0 Å². The highest BCUT2D eigenvalue weighted by Crippen LogP contribution is 2.31. The Bertz CT molecular complexity index is 1050. The largest absolute Gasteiger partial charge is 0.345 e. The lowest BCUT2D eigenvalue weighted by Gasteiger charge is -2.38. The fourth-order valence-corrected chi connectivity index (χ4v) is 5.78. The van der Waals surface area contributed by atoms with Crippen molar-refractivity contribution < 1.29 is 0 Å². The molecule has 0 N–H and O–H groups in total. The second-order valence-electron chi connectivity index (χ2n) is 7.57.